The van der Waals surface area contributed by atoms with Crippen LogP contribution in [0, 0.1) is 0 Å². The molecule has 0 saturated carbocycles. The van der Waals surface area contributed by atoms with E-state index in [0.717, 1.165) is 22.3 Å². The Morgan fingerprint density at radius 2 is 1.74 bits per heavy atom. The summed E-state index contributed by atoms with van der Waals surface area (Å²) in [5, 5.41) is 14.7. The van der Waals surface area contributed by atoms with E-state index in [-0.39, 0.29) is 12.3 Å². The summed E-state index contributed by atoms with van der Waals surface area (Å²) >= 11 is 0. The summed E-state index contributed by atoms with van der Waals surface area (Å²) in [7, 11) is 1.55. The van der Waals surface area contributed by atoms with Crippen molar-refractivity contribution < 1.29 is 24.2 Å². The van der Waals surface area contributed by atoms with Crippen LogP contribution in [0.2, 0.25) is 0 Å². The molecule has 7 nitrogen and oxygen atoms in total. The Kier molecular flexibility index (Phi) is 6.74. The first kappa shape index (κ1) is 22.1. The lowest BCUT2D eigenvalue weighted by Crippen LogP contribution is -2.51. The molecule has 1 aliphatic carbocycles. The Morgan fingerprint density at radius 1 is 1.06 bits per heavy atom. The molecule has 2 atom stereocenters. The Balaban J connectivity index is 1.61. The van der Waals surface area contributed by atoms with Crippen LogP contribution >= 0.6 is 0 Å². The van der Waals surface area contributed by atoms with Gasteiger partial charge in [0.25, 0.3) is 0 Å². The fourth-order valence-electron chi connectivity index (χ4n) is 3.62. The second-order valence-electron chi connectivity index (χ2n) is 7.58. The maximum atomic E-state index is 12.7. The van der Waals surface area contributed by atoms with Crippen molar-refractivity contribution in [2.75, 3.05) is 7.11 Å². The summed E-state index contributed by atoms with van der Waals surface area (Å²) < 4.78 is 5.09. The highest BCUT2D eigenvalue weighted by Crippen LogP contribution is 2.32. The zero-order valence-electron chi connectivity index (χ0n) is 17.8. The summed E-state index contributed by atoms with van der Waals surface area (Å²) in [5.41, 5.74) is 4.37. The van der Waals surface area contributed by atoms with Crippen molar-refractivity contribution >= 4 is 23.4 Å². The second kappa shape index (κ2) is 9.47. The average Bonchev–Trinajstić information content (AvgIpc) is 3.10. The Hall–Kier alpha value is -3.61. The number of allylic oxidation sites excluding steroid dienone is 1. The first-order valence-electron chi connectivity index (χ1n) is 10.0. The molecule has 2 unspecified atom stereocenters. The molecule has 2 amide bonds. The van der Waals surface area contributed by atoms with Gasteiger partial charge in [0.15, 0.2) is 0 Å². The van der Waals surface area contributed by atoms with E-state index >= 15 is 0 Å². The number of carbonyl (C=O) groups is 3. The van der Waals surface area contributed by atoms with Crippen LogP contribution in [0.15, 0.2) is 54.1 Å². The molecule has 31 heavy (non-hydrogen) atoms. The maximum absolute atomic E-state index is 12.7. The van der Waals surface area contributed by atoms with Crippen molar-refractivity contribution in [3.8, 4) is 5.75 Å². The van der Waals surface area contributed by atoms with Gasteiger partial charge in [-0.15, -0.1) is 0 Å². The number of nitrogens with one attached hydrogen (secondary N) is 2. The third kappa shape index (κ3) is 5.12. The van der Waals surface area contributed by atoms with Crippen molar-refractivity contribution in [2.45, 2.75) is 38.8 Å². The lowest BCUT2D eigenvalue weighted by atomic mass is 10.1. The molecule has 7 heteroatoms. The summed E-state index contributed by atoms with van der Waals surface area (Å²) in [4.78, 5) is 37.0. The van der Waals surface area contributed by atoms with Crippen LogP contribution in [-0.2, 0) is 27.2 Å². The summed E-state index contributed by atoms with van der Waals surface area (Å²) in [6.07, 6.45) is 0.628. The molecule has 2 aromatic carbocycles. The third-order valence-corrected chi connectivity index (χ3v) is 5.47. The van der Waals surface area contributed by atoms with E-state index in [1.54, 1.807) is 31.4 Å². The highest BCUT2D eigenvalue weighted by atomic mass is 16.5. The van der Waals surface area contributed by atoms with Crippen LogP contribution in [0.25, 0.3) is 5.57 Å². The van der Waals surface area contributed by atoms with E-state index in [9.17, 15) is 19.5 Å². The van der Waals surface area contributed by atoms with E-state index in [4.69, 9.17) is 4.74 Å². The summed E-state index contributed by atoms with van der Waals surface area (Å²) in [5.74, 6) is -1.36. The minimum Gasteiger partial charge on any atom is -0.497 e. The molecular weight excluding hydrogens is 396 g/mol. The maximum Gasteiger partial charge on any atom is 0.326 e. The average molecular weight is 422 g/mol. The van der Waals surface area contributed by atoms with Gasteiger partial charge in [-0.05, 0) is 48.2 Å². The van der Waals surface area contributed by atoms with Crippen molar-refractivity contribution in [3.63, 3.8) is 0 Å². The molecular formula is C24H26N2O5. The van der Waals surface area contributed by atoms with Gasteiger partial charge in [-0.2, -0.15) is 0 Å². The van der Waals surface area contributed by atoms with E-state index in [1.165, 1.54) is 6.92 Å². The van der Waals surface area contributed by atoms with Crippen LogP contribution < -0.4 is 15.4 Å². The normalized spacial score (nSPS) is 14.4. The fourth-order valence-corrected chi connectivity index (χ4v) is 3.62. The number of aliphatic carboxylic acids is 1. The lowest BCUT2D eigenvalue weighted by molar-refractivity contribution is -0.142. The van der Waals surface area contributed by atoms with Gasteiger partial charge < -0.3 is 20.5 Å². The van der Waals surface area contributed by atoms with Crippen molar-refractivity contribution in [3.05, 3.63) is 70.8 Å². The van der Waals surface area contributed by atoms with Crippen LogP contribution in [0.3, 0.4) is 0 Å². The smallest absolute Gasteiger partial charge is 0.326 e. The van der Waals surface area contributed by atoms with E-state index in [0.29, 0.717) is 17.7 Å². The zero-order valence-corrected chi connectivity index (χ0v) is 17.8. The zero-order chi connectivity index (χ0) is 22.5. The monoisotopic (exact) mass is 422 g/mol. The predicted molar refractivity (Wildman–Crippen MR) is 117 cm³/mol. The summed E-state index contributed by atoms with van der Waals surface area (Å²) in [6, 6.07) is 12.8. The van der Waals surface area contributed by atoms with Crippen molar-refractivity contribution in [2.24, 2.45) is 0 Å². The molecule has 0 heterocycles. The van der Waals surface area contributed by atoms with Gasteiger partial charge in [0.2, 0.25) is 11.8 Å². The highest BCUT2D eigenvalue weighted by Gasteiger charge is 2.27. The van der Waals surface area contributed by atoms with Crippen molar-refractivity contribution in [1.82, 2.24) is 10.6 Å². The molecule has 0 aromatic heterocycles. The van der Waals surface area contributed by atoms with Gasteiger partial charge in [-0.1, -0.05) is 36.4 Å². The van der Waals surface area contributed by atoms with Gasteiger partial charge in [0, 0.05) is 18.4 Å². The standard InChI is InChI=1S/C24H26N2O5/c1-14-19-7-5-4-6-17(19)13-20(14)23(28)25-15(2)22(27)26-21(24(29)30)12-16-8-10-18(31-3)11-9-16/h4-11,15,21H,12-13H2,1-3H3,(H,25,28)(H,26,27)(H,29,30). The molecule has 0 bridgehead atoms. The largest absolute Gasteiger partial charge is 0.497 e. The molecule has 0 aliphatic heterocycles. The van der Waals surface area contributed by atoms with Gasteiger partial charge in [-0.25, -0.2) is 4.79 Å². The number of carboxylic acids is 1. The van der Waals surface area contributed by atoms with Crippen LogP contribution in [0.4, 0.5) is 0 Å². The Morgan fingerprint density at radius 3 is 2.35 bits per heavy atom. The van der Waals surface area contributed by atoms with Crippen LogP contribution in [0.5, 0.6) is 5.75 Å². The van der Waals surface area contributed by atoms with Crippen molar-refractivity contribution in [1.29, 1.82) is 0 Å². The topological polar surface area (TPSA) is 105 Å². The van der Waals surface area contributed by atoms with Gasteiger partial charge in [0.1, 0.15) is 17.8 Å². The predicted octanol–water partition coefficient (Wildman–Crippen LogP) is 2.34. The lowest BCUT2D eigenvalue weighted by Gasteiger charge is -2.19. The molecule has 1 aliphatic rings. The molecule has 0 radical (unpaired) electrons. The minimum atomic E-state index is -1.15. The van der Waals surface area contributed by atoms with Gasteiger partial charge in [0.05, 0.1) is 7.11 Å². The number of carbonyl (C=O) groups excluding carboxylic acids is 2. The number of rotatable bonds is 8. The number of methoxy groups -OCH3 is 1. The first-order valence-corrected chi connectivity index (χ1v) is 10.0. The second-order valence-corrected chi connectivity index (χ2v) is 7.58. The Bertz CT molecular complexity index is 1030. The van der Waals surface area contributed by atoms with E-state index < -0.39 is 24.0 Å². The third-order valence-electron chi connectivity index (χ3n) is 5.47. The van der Waals surface area contributed by atoms with Gasteiger partial charge in [-0.3, -0.25) is 9.59 Å². The molecule has 0 fully saturated rings. The molecule has 0 saturated heterocycles. The SMILES string of the molecule is COc1ccc(CC(NC(=O)C(C)NC(=O)C2=C(C)c3ccccc3C2)C(=O)O)cc1. The number of benzene rings is 2. The Labute approximate surface area is 181 Å². The number of hydrogen-bond acceptors (Lipinski definition) is 4. The van der Waals surface area contributed by atoms with Crippen LogP contribution in [0.1, 0.15) is 30.5 Å². The van der Waals surface area contributed by atoms with Crippen LogP contribution in [-0.4, -0.2) is 42.1 Å². The molecule has 162 valence electrons. The molecule has 0 spiro atoms. The quantitative estimate of drug-likeness (QED) is 0.606. The molecule has 3 N–H and O–H groups in total. The number of carboxylic acid groups (broad SMARTS) is 1. The first-order chi connectivity index (χ1) is 14.8. The number of ether oxygens (including phenoxy) is 1. The van der Waals surface area contributed by atoms with Gasteiger partial charge >= 0.3 is 5.97 Å². The van der Waals surface area contributed by atoms with E-state index in [1.807, 2.05) is 31.2 Å². The number of fused-ring (bicyclic) bond motifs is 1. The summed E-state index contributed by atoms with van der Waals surface area (Å²) in [6.45, 7) is 3.43. The number of amides is 2. The minimum absolute atomic E-state index is 0.116. The highest BCUT2D eigenvalue weighted by molar-refractivity contribution is 6.05. The molecule has 2 aromatic rings. The van der Waals surface area contributed by atoms with E-state index in [2.05, 4.69) is 10.6 Å². The molecule has 3 rings (SSSR count). The number of hydrogen-bond donors (Lipinski definition) is 3. The fraction of sp³-hybridized carbons (Fsp3) is 0.292.